The normalized spacial score (nSPS) is 11.4. The average molecular weight is 504 g/mol. The van der Waals surface area contributed by atoms with E-state index in [1.54, 1.807) is 30.1 Å². The van der Waals surface area contributed by atoms with E-state index < -0.39 is 23.8 Å². The van der Waals surface area contributed by atoms with E-state index >= 15 is 0 Å². The fourth-order valence-electron chi connectivity index (χ4n) is 3.54. The smallest absolute Gasteiger partial charge is 0.332 e. The Labute approximate surface area is 207 Å². The Morgan fingerprint density at radius 2 is 1.63 bits per heavy atom. The quantitative estimate of drug-likeness (QED) is 0.379. The molecule has 0 atom stereocenters. The molecule has 3 rings (SSSR count). The third-order valence-corrected chi connectivity index (χ3v) is 6.54. The van der Waals surface area contributed by atoms with Gasteiger partial charge in [-0.05, 0) is 55.5 Å². The molecule has 3 amide bonds. The van der Waals surface area contributed by atoms with Crippen molar-refractivity contribution in [1.82, 2.24) is 9.80 Å². The van der Waals surface area contributed by atoms with Crippen molar-refractivity contribution in [1.29, 1.82) is 0 Å². The number of amides is 3. The van der Waals surface area contributed by atoms with Crippen LogP contribution in [0.1, 0.15) is 35.4 Å². The molecule has 1 heterocycles. The van der Waals surface area contributed by atoms with Crippen molar-refractivity contribution >= 4 is 29.0 Å². The minimum Gasteiger partial charge on any atom is -0.332 e. The van der Waals surface area contributed by atoms with E-state index in [4.69, 9.17) is 0 Å². The molecule has 0 saturated heterocycles. The number of halogens is 3. The van der Waals surface area contributed by atoms with Gasteiger partial charge in [0.05, 0.1) is 17.8 Å². The first-order valence-electron chi connectivity index (χ1n) is 11.1. The van der Waals surface area contributed by atoms with Gasteiger partial charge in [0.25, 0.3) is 0 Å². The Balaban J connectivity index is 1.80. The summed E-state index contributed by atoms with van der Waals surface area (Å²) in [7, 11) is 0. The molecule has 186 valence electrons. The van der Waals surface area contributed by atoms with Gasteiger partial charge in [-0.15, -0.1) is 11.3 Å². The van der Waals surface area contributed by atoms with Crippen molar-refractivity contribution in [3.63, 3.8) is 0 Å². The van der Waals surface area contributed by atoms with Crippen LogP contribution in [0.15, 0.2) is 66.0 Å². The van der Waals surface area contributed by atoms with E-state index in [-0.39, 0.29) is 18.1 Å². The summed E-state index contributed by atoms with van der Waals surface area (Å²) < 4.78 is 40.1. The maximum absolute atomic E-state index is 13.4. The SMILES string of the molecule is Cc1ccsc1CN(Cc1ccccc1)C(=O)CN(C(=O)Nc1ccccc1C(F)(F)F)C(C)C. The largest absolute Gasteiger partial charge is 0.418 e. The van der Waals surface area contributed by atoms with Crippen LogP contribution in [-0.2, 0) is 24.1 Å². The molecule has 3 aromatic rings. The number of thiophene rings is 1. The van der Waals surface area contributed by atoms with E-state index in [9.17, 15) is 22.8 Å². The predicted molar refractivity (Wildman–Crippen MR) is 132 cm³/mol. The zero-order chi connectivity index (χ0) is 25.6. The standard InChI is InChI=1S/C26H28F3N3O2S/c1-18(2)32(25(34)30-22-12-8-7-11-21(22)26(27,28)29)17-24(33)31(15-20-9-5-4-6-10-20)16-23-19(3)13-14-35-23/h4-14,18H,15-17H2,1-3H3,(H,30,34). The summed E-state index contributed by atoms with van der Waals surface area (Å²) in [6.07, 6.45) is -4.62. The molecule has 0 fully saturated rings. The van der Waals surface area contributed by atoms with Crippen LogP contribution < -0.4 is 5.32 Å². The molecule has 35 heavy (non-hydrogen) atoms. The van der Waals surface area contributed by atoms with E-state index in [1.165, 1.54) is 23.1 Å². The fourth-order valence-corrected chi connectivity index (χ4v) is 4.46. The Morgan fingerprint density at radius 1 is 0.971 bits per heavy atom. The molecular weight excluding hydrogens is 475 g/mol. The summed E-state index contributed by atoms with van der Waals surface area (Å²) in [6, 6.07) is 15.1. The van der Waals surface area contributed by atoms with Crippen LogP contribution >= 0.6 is 11.3 Å². The monoisotopic (exact) mass is 503 g/mol. The lowest BCUT2D eigenvalue weighted by molar-refractivity contribution is -0.137. The van der Waals surface area contributed by atoms with Gasteiger partial charge in [-0.1, -0.05) is 42.5 Å². The van der Waals surface area contributed by atoms with Gasteiger partial charge in [0.2, 0.25) is 5.91 Å². The number of hydrogen-bond donors (Lipinski definition) is 1. The van der Waals surface area contributed by atoms with Gasteiger partial charge in [-0.3, -0.25) is 4.79 Å². The molecule has 0 aliphatic carbocycles. The average Bonchev–Trinajstić information content (AvgIpc) is 3.21. The summed E-state index contributed by atoms with van der Waals surface area (Å²) >= 11 is 1.55. The van der Waals surface area contributed by atoms with Crippen molar-refractivity contribution in [2.45, 2.75) is 46.1 Å². The van der Waals surface area contributed by atoms with E-state index in [2.05, 4.69) is 5.32 Å². The van der Waals surface area contributed by atoms with Crippen LogP contribution in [0.2, 0.25) is 0 Å². The molecule has 0 saturated carbocycles. The van der Waals surface area contributed by atoms with Gasteiger partial charge in [0.15, 0.2) is 0 Å². The van der Waals surface area contributed by atoms with Crippen molar-refractivity contribution in [2.24, 2.45) is 0 Å². The molecule has 2 aromatic carbocycles. The fraction of sp³-hybridized carbons (Fsp3) is 0.308. The summed E-state index contributed by atoms with van der Waals surface area (Å²) in [5.41, 5.74) is 0.721. The van der Waals surface area contributed by atoms with Gasteiger partial charge < -0.3 is 15.1 Å². The summed E-state index contributed by atoms with van der Waals surface area (Å²) in [4.78, 5) is 30.4. The maximum atomic E-state index is 13.4. The highest BCUT2D eigenvalue weighted by Gasteiger charge is 2.34. The summed E-state index contributed by atoms with van der Waals surface area (Å²) in [6.45, 7) is 5.86. The molecule has 5 nitrogen and oxygen atoms in total. The third-order valence-electron chi connectivity index (χ3n) is 5.54. The maximum Gasteiger partial charge on any atom is 0.418 e. The van der Waals surface area contributed by atoms with Crippen LogP contribution in [0.3, 0.4) is 0 Å². The first-order chi connectivity index (χ1) is 16.6. The Bertz CT molecular complexity index is 1150. The predicted octanol–water partition coefficient (Wildman–Crippen LogP) is 6.55. The number of alkyl halides is 3. The lowest BCUT2D eigenvalue weighted by Gasteiger charge is -2.30. The second-order valence-corrected chi connectivity index (χ2v) is 9.46. The van der Waals surface area contributed by atoms with Crippen LogP contribution in [-0.4, -0.2) is 34.3 Å². The summed E-state index contributed by atoms with van der Waals surface area (Å²) in [5, 5.41) is 4.31. The summed E-state index contributed by atoms with van der Waals surface area (Å²) in [5.74, 6) is -0.297. The molecule has 0 aliphatic rings. The van der Waals surface area contributed by atoms with Crippen molar-refractivity contribution < 1.29 is 22.8 Å². The third kappa shape index (κ3) is 7.08. The molecule has 9 heteroatoms. The molecule has 0 aliphatic heterocycles. The van der Waals surface area contributed by atoms with Gasteiger partial charge in [0, 0.05) is 17.5 Å². The number of para-hydroxylation sites is 1. The van der Waals surface area contributed by atoms with Gasteiger partial charge >= 0.3 is 12.2 Å². The second kappa shape index (κ2) is 11.4. The topological polar surface area (TPSA) is 52.7 Å². The number of rotatable bonds is 8. The number of hydrogen-bond acceptors (Lipinski definition) is 3. The highest BCUT2D eigenvalue weighted by atomic mass is 32.1. The highest BCUT2D eigenvalue weighted by molar-refractivity contribution is 7.10. The number of carbonyl (C=O) groups excluding carboxylic acids is 2. The number of nitrogens with one attached hydrogen (secondary N) is 1. The number of anilines is 1. The van der Waals surface area contributed by atoms with Gasteiger partial charge in [-0.25, -0.2) is 4.79 Å². The molecule has 0 bridgehead atoms. The number of benzene rings is 2. The first-order valence-corrected chi connectivity index (χ1v) is 12.0. The Hall–Kier alpha value is -3.33. The molecule has 0 unspecified atom stereocenters. The zero-order valence-electron chi connectivity index (χ0n) is 19.8. The van der Waals surface area contributed by atoms with E-state index in [0.717, 1.165) is 22.1 Å². The first kappa shape index (κ1) is 26.3. The number of aryl methyl sites for hydroxylation is 1. The van der Waals surface area contributed by atoms with Crippen LogP contribution in [0.25, 0.3) is 0 Å². The van der Waals surface area contributed by atoms with Crippen molar-refractivity contribution in [3.05, 3.63) is 87.6 Å². The van der Waals surface area contributed by atoms with Crippen molar-refractivity contribution in [2.75, 3.05) is 11.9 Å². The van der Waals surface area contributed by atoms with Gasteiger partial charge in [0.1, 0.15) is 6.54 Å². The second-order valence-electron chi connectivity index (χ2n) is 8.46. The minimum absolute atomic E-state index is 0.269. The zero-order valence-corrected chi connectivity index (χ0v) is 20.6. The Kier molecular flexibility index (Phi) is 8.56. The van der Waals surface area contributed by atoms with Crippen LogP contribution in [0.4, 0.5) is 23.7 Å². The van der Waals surface area contributed by atoms with E-state index in [0.29, 0.717) is 13.1 Å². The molecule has 0 radical (unpaired) electrons. The molecule has 1 aromatic heterocycles. The molecule has 1 N–H and O–H groups in total. The minimum atomic E-state index is -4.62. The number of nitrogens with zero attached hydrogens (tertiary/aromatic N) is 2. The molecular formula is C26H28F3N3O2S. The van der Waals surface area contributed by atoms with Crippen LogP contribution in [0.5, 0.6) is 0 Å². The number of urea groups is 1. The number of carbonyl (C=O) groups is 2. The van der Waals surface area contributed by atoms with Crippen LogP contribution in [0, 0.1) is 6.92 Å². The van der Waals surface area contributed by atoms with E-state index in [1.807, 2.05) is 48.7 Å². The van der Waals surface area contributed by atoms with Crippen molar-refractivity contribution in [3.8, 4) is 0 Å². The lowest BCUT2D eigenvalue weighted by atomic mass is 10.1. The van der Waals surface area contributed by atoms with Gasteiger partial charge in [-0.2, -0.15) is 13.2 Å². The lowest BCUT2D eigenvalue weighted by Crippen LogP contribution is -2.47. The molecule has 0 spiro atoms. The Morgan fingerprint density at radius 3 is 2.23 bits per heavy atom. The highest BCUT2D eigenvalue weighted by Crippen LogP contribution is 2.34.